The molecule has 4 heteroatoms. The van der Waals surface area contributed by atoms with Crippen LogP contribution in [-0.4, -0.2) is 17.9 Å². The normalized spacial score (nSPS) is 16.5. The summed E-state index contributed by atoms with van der Waals surface area (Å²) in [6, 6.07) is 8.02. The highest BCUT2D eigenvalue weighted by atomic mass is 16.2. The molecule has 0 unspecified atom stereocenters. The van der Waals surface area contributed by atoms with Gasteiger partial charge in [0.1, 0.15) is 0 Å². The number of nitrogens with two attached hydrogens (primary N) is 1. The predicted octanol–water partition coefficient (Wildman–Crippen LogP) is 3.18. The lowest BCUT2D eigenvalue weighted by Gasteiger charge is -2.37. The molecule has 22 heavy (non-hydrogen) atoms. The molecule has 3 rings (SSSR count). The molecule has 1 aliphatic rings. The number of aryl methyl sites for hydroxylation is 1. The smallest absolute Gasteiger partial charge is 0.232 e. The Balaban J connectivity index is 2.16. The van der Waals surface area contributed by atoms with Gasteiger partial charge in [-0.25, -0.2) is 0 Å². The van der Waals surface area contributed by atoms with Gasteiger partial charge in [0.15, 0.2) is 0 Å². The van der Waals surface area contributed by atoms with E-state index in [0.29, 0.717) is 5.69 Å². The van der Waals surface area contributed by atoms with Crippen LogP contribution in [0.1, 0.15) is 25.1 Å². The summed E-state index contributed by atoms with van der Waals surface area (Å²) in [7, 11) is 1.82. The third kappa shape index (κ3) is 2.25. The first-order valence-electron chi connectivity index (χ1n) is 7.43. The molecule has 1 aliphatic heterocycles. The van der Waals surface area contributed by atoms with Crippen LogP contribution in [0.2, 0.25) is 0 Å². The third-order valence-corrected chi connectivity index (χ3v) is 4.34. The number of hydrogen-bond acceptors (Lipinski definition) is 3. The van der Waals surface area contributed by atoms with E-state index in [9.17, 15) is 4.79 Å². The average molecular weight is 295 g/mol. The first kappa shape index (κ1) is 14.6. The van der Waals surface area contributed by atoms with Crippen LogP contribution in [0.3, 0.4) is 0 Å². The Kier molecular flexibility index (Phi) is 3.20. The van der Waals surface area contributed by atoms with E-state index in [4.69, 9.17) is 5.73 Å². The average Bonchev–Trinajstić information content (AvgIpc) is 2.45. The molecule has 0 fully saturated rings. The lowest BCUT2D eigenvalue weighted by Crippen LogP contribution is -2.44. The van der Waals surface area contributed by atoms with E-state index in [1.165, 1.54) is 0 Å². The number of pyridine rings is 1. The van der Waals surface area contributed by atoms with E-state index in [-0.39, 0.29) is 11.3 Å². The quantitative estimate of drug-likeness (QED) is 0.822. The zero-order valence-corrected chi connectivity index (χ0v) is 13.5. The summed E-state index contributed by atoms with van der Waals surface area (Å²) >= 11 is 0. The summed E-state index contributed by atoms with van der Waals surface area (Å²) in [5.41, 5.74) is 11.6. The fraction of sp³-hybridized carbons (Fsp3) is 0.333. The fourth-order valence-electron chi connectivity index (χ4n) is 3.18. The zero-order valence-electron chi connectivity index (χ0n) is 13.5. The first-order chi connectivity index (χ1) is 10.3. The molecule has 2 heterocycles. The molecule has 114 valence electrons. The Hall–Kier alpha value is -2.36. The number of carbonyl (C=O) groups excluding carboxylic acids is 1. The monoisotopic (exact) mass is 295 g/mol. The van der Waals surface area contributed by atoms with Gasteiger partial charge in [-0.15, -0.1) is 0 Å². The molecule has 1 amide bonds. The maximum atomic E-state index is 12.4. The van der Waals surface area contributed by atoms with E-state index in [2.05, 4.69) is 11.1 Å². The van der Waals surface area contributed by atoms with Crippen molar-refractivity contribution in [2.45, 2.75) is 27.2 Å². The second kappa shape index (κ2) is 4.83. The van der Waals surface area contributed by atoms with Gasteiger partial charge >= 0.3 is 0 Å². The van der Waals surface area contributed by atoms with Crippen LogP contribution < -0.4 is 10.6 Å². The number of benzene rings is 1. The molecule has 0 saturated carbocycles. The van der Waals surface area contributed by atoms with Gasteiger partial charge in [0, 0.05) is 41.3 Å². The molecule has 2 aromatic rings. The van der Waals surface area contributed by atoms with Crippen LogP contribution >= 0.6 is 0 Å². The highest BCUT2D eigenvalue weighted by Crippen LogP contribution is 2.41. The molecule has 0 saturated heterocycles. The van der Waals surface area contributed by atoms with Crippen LogP contribution in [0.5, 0.6) is 0 Å². The number of rotatable bonds is 1. The Morgan fingerprint density at radius 2 is 2.00 bits per heavy atom. The molecule has 0 radical (unpaired) electrons. The van der Waals surface area contributed by atoms with Crippen LogP contribution in [0.25, 0.3) is 11.1 Å². The lowest BCUT2D eigenvalue weighted by molar-refractivity contribution is -0.126. The van der Waals surface area contributed by atoms with Gasteiger partial charge < -0.3 is 10.6 Å². The van der Waals surface area contributed by atoms with Gasteiger partial charge in [0.25, 0.3) is 0 Å². The van der Waals surface area contributed by atoms with Crippen molar-refractivity contribution in [3.8, 4) is 11.1 Å². The number of carbonyl (C=O) groups is 1. The van der Waals surface area contributed by atoms with Crippen molar-refractivity contribution < 1.29 is 4.79 Å². The predicted molar refractivity (Wildman–Crippen MR) is 89.7 cm³/mol. The van der Waals surface area contributed by atoms with Crippen molar-refractivity contribution in [2.75, 3.05) is 17.7 Å². The second-order valence-electron chi connectivity index (χ2n) is 6.68. The Bertz CT molecular complexity index is 765. The topological polar surface area (TPSA) is 59.2 Å². The van der Waals surface area contributed by atoms with Crippen LogP contribution in [0, 0.1) is 12.3 Å². The van der Waals surface area contributed by atoms with E-state index in [0.717, 1.165) is 34.5 Å². The summed E-state index contributed by atoms with van der Waals surface area (Å²) < 4.78 is 0. The highest BCUT2D eigenvalue weighted by Gasteiger charge is 2.37. The Morgan fingerprint density at radius 3 is 2.68 bits per heavy atom. The van der Waals surface area contributed by atoms with E-state index >= 15 is 0 Å². The van der Waals surface area contributed by atoms with Crippen molar-refractivity contribution in [3.63, 3.8) is 0 Å². The Morgan fingerprint density at radius 1 is 1.27 bits per heavy atom. The van der Waals surface area contributed by atoms with Gasteiger partial charge in [-0.2, -0.15) is 0 Å². The van der Waals surface area contributed by atoms with Gasteiger partial charge in [0.05, 0.1) is 0 Å². The molecule has 1 aromatic carbocycles. The van der Waals surface area contributed by atoms with Crippen molar-refractivity contribution in [2.24, 2.45) is 5.41 Å². The van der Waals surface area contributed by atoms with Crippen molar-refractivity contribution >= 4 is 17.3 Å². The second-order valence-corrected chi connectivity index (χ2v) is 6.68. The molecule has 4 nitrogen and oxygen atoms in total. The molecule has 0 atom stereocenters. The third-order valence-electron chi connectivity index (χ3n) is 4.34. The molecule has 0 aliphatic carbocycles. The highest BCUT2D eigenvalue weighted by molar-refractivity contribution is 6.01. The number of nitrogen functional groups attached to an aromatic ring is 1. The number of hydrogen-bond donors (Lipinski definition) is 1. The zero-order chi connectivity index (χ0) is 16.1. The van der Waals surface area contributed by atoms with Crippen LogP contribution in [0.15, 0.2) is 30.5 Å². The van der Waals surface area contributed by atoms with E-state index in [1.807, 2.05) is 46.0 Å². The summed E-state index contributed by atoms with van der Waals surface area (Å²) in [6.07, 6.45) is 2.52. The maximum absolute atomic E-state index is 12.4. The molecule has 1 aromatic heterocycles. The summed E-state index contributed by atoms with van der Waals surface area (Å²) in [4.78, 5) is 18.4. The Labute approximate surface area is 131 Å². The summed E-state index contributed by atoms with van der Waals surface area (Å²) in [5.74, 6) is 0.131. The van der Waals surface area contributed by atoms with Gasteiger partial charge in [-0.05, 0) is 48.7 Å². The number of nitrogens with zero attached hydrogens (tertiary/aromatic N) is 2. The number of aromatic nitrogens is 1. The van der Waals surface area contributed by atoms with E-state index in [1.54, 1.807) is 11.1 Å². The minimum absolute atomic E-state index is 0.131. The minimum Gasteiger partial charge on any atom is -0.398 e. The summed E-state index contributed by atoms with van der Waals surface area (Å²) in [5, 5.41) is 0. The molecular weight excluding hydrogens is 274 g/mol. The minimum atomic E-state index is -0.386. The molecule has 0 bridgehead atoms. The van der Waals surface area contributed by atoms with Crippen molar-refractivity contribution in [3.05, 3.63) is 41.7 Å². The molecule has 0 spiro atoms. The largest absolute Gasteiger partial charge is 0.398 e. The number of fused-ring (bicyclic) bond motifs is 1. The van der Waals surface area contributed by atoms with Gasteiger partial charge in [0.2, 0.25) is 5.91 Å². The fourth-order valence-corrected chi connectivity index (χ4v) is 3.18. The van der Waals surface area contributed by atoms with Crippen LogP contribution in [-0.2, 0) is 11.2 Å². The molecular formula is C18H21N3O. The standard InChI is InChI=1S/C18H21N3O/c1-11-7-12(5-6-20-11)14-8-13-10-18(2,3)17(22)21(4)16(13)9-15(14)19/h5-9H,10,19H2,1-4H3. The van der Waals surface area contributed by atoms with Crippen molar-refractivity contribution in [1.29, 1.82) is 0 Å². The number of anilines is 2. The van der Waals surface area contributed by atoms with Crippen LogP contribution in [0.4, 0.5) is 11.4 Å². The maximum Gasteiger partial charge on any atom is 0.232 e. The van der Waals surface area contributed by atoms with Crippen molar-refractivity contribution in [1.82, 2.24) is 4.98 Å². The van der Waals surface area contributed by atoms with E-state index < -0.39 is 0 Å². The van der Waals surface area contributed by atoms with Gasteiger partial charge in [-0.3, -0.25) is 9.78 Å². The SMILES string of the molecule is Cc1cc(-c2cc3c(cc2N)N(C)C(=O)C(C)(C)C3)ccn1. The summed E-state index contributed by atoms with van der Waals surface area (Å²) in [6.45, 7) is 5.94. The molecule has 2 N–H and O–H groups in total. The lowest BCUT2D eigenvalue weighted by atomic mass is 9.79. The number of amides is 1. The first-order valence-corrected chi connectivity index (χ1v) is 7.43. The van der Waals surface area contributed by atoms with Gasteiger partial charge in [-0.1, -0.05) is 13.8 Å².